The van der Waals surface area contributed by atoms with Crippen LogP contribution in [0.25, 0.3) is 21.3 Å². The summed E-state index contributed by atoms with van der Waals surface area (Å²) in [5.41, 5.74) is 0.487. The minimum absolute atomic E-state index is 0.0722. The highest BCUT2D eigenvalue weighted by molar-refractivity contribution is 7.99. The minimum Gasteiger partial charge on any atom is -0.334 e. The van der Waals surface area contributed by atoms with Crippen molar-refractivity contribution in [3.8, 4) is 11.1 Å². The number of nitrogens with two attached hydrogens (primary N) is 1. The smallest absolute Gasteiger partial charge is 0.306 e. The lowest BCUT2D eigenvalue weighted by atomic mass is 10.1. The molecule has 3 N–H and O–H groups in total. The number of amides is 1. The fourth-order valence-electron chi connectivity index (χ4n) is 2.97. The number of thiophene rings is 1. The maximum atomic E-state index is 13.4. The molecule has 0 spiro atoms. The highest BCUT2D eigenvalue weighted by Gasteiger charge is 2.18. The molecule has 0 bridgehead atoms. The fourth-order valence-corrected chi connectivity index (χ4v) is 4.68. The predicted molar refractivity (Wildman–Crippen MR) is 122 cm³/mol. The van der Waals surface area contributed by atoms with Crippen molar-refractivity contribution in [3.05, 3.63) is 80.2 Å². The van der Waals surface area contributed by atoms with E-state index in [9.17, 15) is 24.1 Å². The summed E-state index contributed by atoms with van der Waals surface area (Å²) in [6.45, 7) is 0. The number of hydrogen-bond donors (Lipinski definition) is 2. The molecule has 1 amide bonds. The van der Waals surface area contributed by atoms with Crippen molar-refractivity contribution in [2.75, 3.05) is 16.9 Å². The van der Waals surface area contributed by atoms with Gasteiger partial charge in [0.15, 0.2) is 5.16 Å². The minimum atomic E-state index is -1.00. The van der Waals surface area contributed by atoms with Gasteiger partial charge in [0, 0.05) is 22.7 Å². The van der Waals surface area contributed by atoms with E-state index in [0.29, 0.717) is 10.2 Å². The standard InChI is InChI=1S/C20H14FN5O4S2/c21-14-7-6-12(8-15(14)26(29)30)23-16(27)10-32-20-24-18-17(19(28)25(20)22)13(9-31-18)11-4-2-1-3-5-11/h1-9H,10,22H2,(H,23,27). The van der Waals surface area contributed by atoms with Crippen LogP contribution in [0.5, 0.6) is 0 Å². The Bertz CT molecular complexity index is 1400. The average Bonchev–Trinajstić information content (AvgIpc) is 3.21. The largest absolute Gasteiger partial charge is 0.334 e. The summed E-state index contributed by atoms with van der Waals surface area (Å²) in [6, 6.07) is 12.4. The van der Waals surface area contributed by atoms with Crippen LogP contribution < -0.4 is 16.7 Å². The molecule has 0 saturated carbocycles. The maximum absolute atomic E-state index is 13.4. The number of benzene rings is 2. The zero-order valence-electron chi connectivity index (χ0n) is 16.1. The molecule has 0 aliphatic heterocycles. The molecule has 0 aliphatic rings. The highest BCUT2D eigenvalue weighted by atomic mass is 32.2. The number of nitro groups is 1. The summed E-state index contributed by atoms with van der Waals surface area (Å²) in [5, 5.41) is 15.7. The number of carbonyl (C=O) groups is 1. The Morgan fingerprint density at radius 3 is 2.75 bits per heavy atom. The van der Waals surface area contributed by atoms with E-state index >= 15 is 0 Å². The van der Waals surface area contributed by atoms with Gasteiger partial charge in [0.2, 0.25) is 11.7 Å². The first-order chi connectivity index (χ1) is 15.3. The van der Waals surface area contributed by atoms with Crippen LogP contribution in [0.1, 0.15) is 0 Å². The Hall–Kier alpha value is -3.77. The van der Waals surface area contributed by atoms with Gasteiger partial charge < -0.3 is 11.2 Å². The van der Waals surface area contributed by atoms with Crippen LogP contribution in [0.2, 0.25) is 0 Å². The normalized spacial score (nSPS) is 10.9. The quantitative estimate of drug-likeness (QED) is 0.144. The highest BCUT2D eigenvalue weighted by Crippen LogP contribution is 2.31. The van der Waals surface area contributed by atoms with Crippen LogP contribution in [0.4, 0.5) is 15.8 Å². The molecule has 4 aromatic rings. The van der Waals surface area contributed by atoms with Crippen LogP contribution in [0, 0.1) is 15.9 Å². The number of nitro benzene ring substituents is 1. The second-order valence-corrected chi connectivity index (χ2v) is 8.33. The van der Waals surface area contributed by atoms with Crippen molar-refractivity contribution < 1.29 is 14.1 Å². The summed E-state index contributed by atoms with van der Waals surface area (Å²) in [6.07, 6.45) is 0. The molecule has 0 unspecified atom stereocenters. The van der Waals surface area contributed by atoms with Gasteiger partial charge >= 0.3 is 5.69 Å². The Labute approximate surface area is 187 Å². The van der Waals surface area contributed by atoms with Gasteiger partial charge in [0.05, 0.1) is 16.1 Å². The predicted octanol–water partition coefficient (Wildman–Crippen LogP) is 3.62. The maximum Gasteiger partial charge on any atom is 0.306 e. The molecule has 0 saturated heterocycles. The molecular formula is C20H14FN5O4S2. The molecule has 0 aliphatic carbocycles. The van der Waals surface area contributed by atoms with Crippen molar-refractivity contribution in [1.29, 1.82) is 0 Å². The third kappa shape index (κ3) is 4.18. The van der Waals surface area contributed by atoms with Crippen molar-refractivity contribution in [3.63, 3.8) is 0 Å². The summed E-state index contributed by atoms with van der Waals surface area (Å²) in [5.74, 6) is 4.24. The lowest BCUT2D eigenvalue weighted by molar-refractivity contribution is -0.387. The van der Waals surface area contributed by atoms with E-state index in [1.165, 1.54) is 17.4 Å². The van der Waals surface area contributed by atoms with Gasteiger partial charge in [-0.1, -0.05) is 42.1 Å². The van der Waals surface area contributed by atoms with E-state index in [1.807, 2.05) is 35.7 Å². The molecule has 0 atom stereocenters. The number of nitrogens with zero attached hydrogens (tertiary/aromatic N) is 3. The fraction of sp³-hybridized carbons (Fsp3) is 0.0500. The first-order valence-corrected chi connectivity index (χ1v) is 10.9. The number of fused-ring (bicyclic) bond motifs is 1. The number of hydrogen-bond acceptors (Lipinski definition) is 8. The van der Waals surface area contributed by atoms with Gasteiger partial charge in [-0.15, -0.1) is 11.3 Å². The lowest BCUT2D eigenvalue weighted by Gasteiger charge is -2.08. The van der Waals surface area contributed by atoms with Gasteiger partial charge in [0.1, 0.15) is 4.83 Å². The zero-order chi connectivity index (χ0) is 22.8. The van der Waals surface area contributed by atoms with Gasteiger partial charge in [-0.3, -0.25) is 19.7 Å². The average molecular weight is 471 g/mol. The van der Waals surface area contributed by atoms with E-state index in [1.54, 1.807) is 0 Å². The third-order valence-corrected chi connectivity index (χ3v) is 6.28. The van der Waals surface area contributed by atoms with Crippen LogP contribution in [-0.4, -0.2) is 26.2 Å². The Morgan fingerprint density at radius 1 is 1.28 bits per heavy atom. The van der Waals surface area contributed by atoms with E-state index in [-0.39, 0.29) is 16.6 Å². The molecule has 9 nitrogen and oxygen atoms in total. The lowest BCUT2D eigenvalue weighted by Crippen LogP contribution is -2.30. The molecule has 32 heavy (non-hydrogen) atoms. The molecule has 2 aromatic carbocycles. The Kier molecular flexibility index (Phi) is 5.88. The number of rotatable bonds is 6. The van der Waals surface area contributed by atoms with Gasteiger partial charge in [-0.05, 0) is 17.7 Å². The molecule has 4 rings (SSSR count). The van der Waals surface area contributed by atoms with E-state index in [0.717, 1.165) is 39.7 Å². The van der Waals surface area contributed by atoms with Crippen LogP contribution >= 0.6 is 23.1 Å². The van der Waals surface area contributed by atoms with Crippen molar-refractivity contribution >= 4 is 50.6 Å². The summed E-state index contributed by atoms with van der Waals surface area (Å²) >= 11 is 2.23. The molecule has 2 heterocycles. The monoisotopic (exact) mass is 471 g/mol. The molecule has 12 heteroatoms. The summed E-state index contributed by atoms with van der Waals surface area (Å²) in [7, 11) is 0. The van der Waals surface area contributed by atoms with Crippen LogP contribution in [-0.2, 0) is 4.79 Å². The van der Waals surface area contributed by atoms with Gasteiger partial charge in [-0.2, -0.15) is 4.39 Å². The summed E-state index contributed by atoms with van der Waals surface area (Å²) < 4.78 is 14.3. The van der Waals surface area contributed by atoms with Crippen molar-refractivity contribution in [2.45, 2.75) is 5.16 Å². The third-order valence-electron chi connectivity index (χ3n) is 4.45. The second-order valence-electron chi connectivity index (χ2n) is 6.53. The summed E-state index contributed by atoms with van der Waals surface area (Å²) in [4.78, 5) is 40.0. The molecular weight excluding hydrogens is 457 g/mol. The number of nitrogens with one attached hydrogen (secondary N) is 1. The number of anilines is 1. The number of aromatic nitrogens is 2. The van der Waals surface area contributed by atoms with Crippen LogP contribution in [0.3, 0.4) is 0 Å². The second kappa shape index (κ2) is 8.77. The van der Waals surface area contributed by atoms with Gasteiger partial charge in [-0.25, -0.2) is 9.66 Å². The number of thioether (sulfide) groups is 1. The molecule has 0 fully saturated rings. The number of nitrogen functional groups attached to an aromatic ring is 1. The number of halogens is 1. The Balaban J connectivity index is 1.53. The van der Waals surface area contributed by atoms with E-state index in [4.69, 9.17) is 5.84 Å². The van der Waals surface area contributed by atoms with Crippen molar-refractivity contribution in [2.24, 2.45) is 0 Å². The van der Waals surface area contributed by atoms with Gasteiger partial charge in [0.25, 0.3) is 5.56 Å². The topological polar surface area (TPSA) is 133 Å². The van der Waals surface area contributed by atoms with Crippen molar-refractivity contribution in [1.82, 2.24) is 9.66 Å². The molecule has 0 radical (unpaired) electrons. The number of carbonyl (C=O) groups excluding carboxylic acids is 1. The van der Waals surface area contributed by atoms with E-state index < -0.39 is 27.9 Å². The molecule has 162 valence electrons. The first kappa shape index (κ1) is 21.5. The SMILES string of the molecule is Nn1c(SCC(=O)Nc2ccc(F)c([N+](=O)[O-])c2)nc2scc(-c3ccccc3)c2c1=O. The van der Waals surface area contributed by atoms with Crippen LogP contribution in [0.15, 0.2) is 63.9 Å². The zero-order valence-corrected chi connectivity index (χ0v) is 17.8. The molecule has 2 aromatic heterocycles. The Morgan fingerprint density at radius 2 is 2.03 bits per heavy atom. The first-order valence-electron chi connectivity index (χ1n) is 9.06. The van der Waals surface area contributed by atoms with E-state index in [2.05, 4.69) is 10.3 Å².